The molecule has 0 aliphatic carbocycles. The number of ether oxygens (including phenoxy) is 1. The Morgan fingerprint density at radius 3 is 2.85 bits per heavy atom. The molecule has 0 spiro atoms. The second-order valence-electron chi connectivity index (χ2n) is 3.51. The minimum Gasteiger partial charge on any atom is -0.481 e. The van der Waals surface area contributed by atoms with Crippen molar-refractivity contribution < 1.29 is 14.6 Å². The van der Waals surface area contributed by atoms with E-state index in [9.17, 15) is 4.79 Å². The largest absolute Gasteiger partial charge is 0.481 e. The molecule has 1 aliphatic heterocycles. The first-order valence-electron chi connectivity index (χ1n) is 4.68. The van der Waals surface area contributed by atoms with Crippen molar-refractivity contribution in [2.75, 3.05) is 6.61 Å². The Kier molecular flexibility index (Phi) is 3.96. The van der Waals surface area contributed by atoms with Crippen LogP contribution in [0.2, 0.25) is 0 Å². The molecule has 1 aliphatic rings. The summed E-state index contributed by atoms with van der Waals surface area (Å²) in [5.74, 6) is -0.805. The summed E-state index contributed by atoms with van der Waals surface area (Å²) in [6.45, 7) is 4.54. The first-order chi connectivity index (χ1) is 6.18. The molecule has 0 aromatic carbocycles. The number of carboxylic acid groups (broad SMARTS) is 1. The van der Waals surface area contributed by atoms with Crippen molar-refractivity contribution in [1.29, 1.82) is 0 Å². The van der Waals surface area contributed by atoms with Gasteiger partial charge in [0.05, 0.1) is 12.5 Å². The van der Waals surface area contributed by atoms with Gasteiger partial charge in [0.2, 0.25) is 0 Å². The molecule has 0 aromatic rings. The Hall–Kier alpha value is -0.830. The van der Waals surface area contributed by atoms with Gasteiger partial charge in [0.25, 0.3) is 0 Å². The van der Waals surface area contributed by atoms with Crippen LogP contribution in [0.5, 0.6) is 0 Å². The molecule has 1 atom stereocenters. The molecule has 1 heterocycles. The van der Waals surface area contributed by atoms with Crippen LogP contribution >= 0.6 is 0 Å². The number of hydrogen-bond acceptors (Lipinski definition) is 2. The third-order valence-electron chi connectivity index (χ3n) is 2.19. The van der Waals surface area contributed by atoms with Crippen LogP contribution in [0.4, 0.5) is 0 Å². The molecule has 0 aromatic heterocycles. The fourth-order valence-electron chi connectivity index (χ4n) is 1.58. The van der Waals surface area contributed by atoms with Crippen molar-refractivity contribution in [2.45, 2.75) is 38.2 Å². The zero-order valence-corrected chi connectivity index (χ0v) is 7.79. The third kappa shape index (κ3) is 4.08. The van der Waals surface area contributed by atoms with Crippen LogP contribution in [0.25, 0.3) is 0 Å². The maximum atomic E-state index is 10.3. The summed E-state index contributed by atoms with van der Waals surface area (Å²) in [4.78, 5) is 10.3. The predicted molar refractivity (Wildman–Crippen MR) is 49.6 cm³/mol. The fraction of sp³-hybridized carbons (Fsp3) is 0.700. The molecule has 3 nitrogen and oxygen atoms in total. The molecule has 1 N–H and O–H groups in total. The van der Waals surface area contributed by atoms with E-state index in [0.717, 1.165) is 25.0 Å². The van der Waals surface area contributed by atoms with Crippen LogP contribution in [-0.4, -0.2) is 23.8 Å². The highest BCUT2D eigenvalue weighted by molar-refractivity contribution is 5.69. The molecule has 3 heteroatoms. The highest BCUT2D eigenvalue weighted by atomic mass is 16.5. The monoisotopic (exact) mass is 184 g/mol. The van der Waals surface area contributed by atoms with Gasteiger partial charge in [0.15, 0.2) is 0 Å². The Bertz CT molecular complexity index is 192. The maximum Gasteiger partial charge on any atom is 0.307 e. The fourth-order valence-corrected chi connectivity index (χ4v) is 1.58. The molecule has 1 saturated heterocycles. The van der Waals surface area contributed by atoms with E-state index >= 15 is 0 Å². The summed E-state index contributed by atoms with van der Waals surface area (Å²) in [7, 11) is 0. The number of hydrogen-bond donors (Lipinski definition) is 1. The smallest absolute Gasteiger partial charge is 0.307 e. The van der Waals surface area contributed by atoms with E-state index in [0.29, 0.717) is 6.42 Å². The molecule has 1 fully saturated rings. The van der Waals surface area contributed by atoms with Gasteiger partial charge in [0, 0.05) is 6.61 Å². The van der Waals surface area contributed by atoms with Gasteiger partial charge < -0.3 is 9.84 Å². The number of carbonyl (C=O) groups is 1. The molecular weight excluding hydrogens is 168 g/mol. The minimum atomic E-state index is -0.805. The summed E-state index contributed by atoms with van der Waals surface area (Å²) in [6.07, 6.45) is 4.33. The standard InChI is InChI=1S/C10H16O3/c1-8(7-10(11)12)6-9-4-2-3-5-13-9/h9H,1-7H2,(H,11,12). The van der Waals surface area contributed by atoms with E-state index in [4.69, 9.17) is 9.84 Å². The zero-order chi connectivity index (χ0) is 9.68. The van der Waals surface area contributed by atoms with Crippen molar-refractivity contribution in [3.05, 3.63) is 12.2 Å². The van der Waals surface area contributed by atoms with E-state index < -0.39 is 5.97 Å². The summed E-state index contributed by atoms with van der Waals surface area (Å²) in [5, 5.41) is 8.51. The summed E-state index contributed by atoms with van der Waals surface area (Å²) in [5.41, 5.74) is 0.763. The molecule has 0 radical (unpaired) electrons. The maximum absolute atomic E-state index is 10.3. The van der Waals surface area contributed by atoms with E-state index in [1.54, 1.807) is 0 Å². The molecule has 1 rings (SSSR count). The highest BCUT2D eigenvalue weighted by Gasteiger charge is 2.15. The van der Waals surface area contributed by atoms with Crippen LogP contribution in [0.3, 0.4) is 0 Å². The lowest BCUT2D eigenvalue weighted by Gasteiger charge is -2.22. The van der Waals surface area contributed by atoms with E-state index in [1.807, 2.05) is 0 Å². The Balaban J connectivity index is 2.22. The number of rotatable bonds is 4. The molecular formula is C10H16O3. The normalized spacial score (nSPS) is 22.6. The van der Waals surface area contributed by atoms with Crippen molar-refractivity contribution in [2.24, 2.45) is 0 Å². The molecule has 74 valence electrons. The van der Waals surface area contributed by atoms with Crippen LogP contribution in [-0.2, 0) is 9.53 Å². The Morgan fingerprint density at radius 1 is 1.54 bits per heavy atom. The lowest BCUT2D eigenvalue weighted by molar-refractivity contribution is -0.136. The second-order valence-corrected chi connectivity index (χ2v) is 3.51. The average molecular weight is 184 g/mol. The highest BCUT2D eigenvalue weighted by Crippen LogP contribution is 2.19. The summed E-state index contributed by atoms with van der Waals surface area (Å²) >= 11 is 0. The van der Waals surface area contributed by atoms with Gasteiger partial charge >= 0.3 is 5.97 Å². The first-order valence-corrected chi connectivity index (χ1v) is 4.68. The van der Waals surface area contributed by atoms with Crippen LogP contribution in [0.15, 0.2) is 12.2 Å². The van der Waals surface area contributed by atoms with Gasteiger partial charge in [-0.15, -0.1) is 0 Å². The van der Waals surface area contributed by atoms with Crippen molar-refractivity contribution in [3.8, 4) is 0 Å². The molecule has 1 unspecified atom stereocenters. The van der Waals surface area contributed by atoms with Gasteiger partial charge in [-0.1, -0.05) is 12.2 Å². The van der Waals surface area contributed by atoms with Gasteiger partial charge in [-0.25, -0.2) is 0 Å². The topological polar surface area (TPSA) is 46.5 Å². The van der Waals surface area contributed by atoms with Gasteiger partial charge in [-0.05, 0) is 25.7 Å². The third-order valence-corrected chi connectivity index (χ3v) is 2.19. The van der Waals surface area contributed by atoms with Gasteiger partial charge in [-0.3, -0.25) is 4.79 Å². The first kappa shape index (κ1) is 10.3. The Morgan fingerprint density at radius 2 is 2.31 bits per heavy atom. The second kappa shape index (κ2) is 5.02. The van der Waals surface area contributed by atoms with Crippen LogP contribution in [0.1, 0.15) is 32.1 Å². The lowest BCUT2D eigenvalue weighted by atomic mass is 10.0. The Labute approximate surface area is 78.4 Å². The van der Waals surface area contributed by atoms with Crippen molar-refractivity contribution in [3.63, 3.8) is 0 Å². The molecule has 13 heavy (non-hydrogen) atoms. The summed E-state index contributed by atoms with van der Waals surface area (Å²) < 4.78 is 5.48. The zero-order valence-electron chi connectivity index (χ0n) is 7.79. The predicted octanol–water partition coefficient (Wildman–Crippen LogP) is 1.98. The number of carboxylic acids is 1. The van der Waals surface area contributed by atoms with E-state index in [2.05, 4.69) is 6.58 Å². The minimum absolute atomic E-state index is 0.0693. The molecule has 0 amide bonds. The van der Waals surface area contributed by atoms with Gasteiger partial charge in [-0.2, -0.15) is 0 Å². The lowest BCUT2D eigenvalue weighted by Crippen LogP contribution is -2.19. The molecule has 0 saturated carbocycles. The van der Waals surface area contributed by atoms with Gasteiger partial charge in [0.1, 0.15) is 0 Å². The van der Waals surface area contributed by atoms with Crippen LogP contribution < -0.4 is 0 Å². The van der Waals surface area contributed by atoms with Crippen LogP contribution in [0, 0.1) is 0 Å². The average Bonchev–Trinajstić information content (AvgIpc) is 2.04. The molecule has 0 bridgehead atoms. The van der Waals surface area contributed by atoms with E-state index in [-0.39, 0.29) is 12.5 Å². The number of aliphatic carboxylic acids is 1. The summed E-state index contributed by atoms with van der Waals surface area (Å²) in [6, 6.07) is 0. The van der Waals surface area contributed by atoms with E-state index in [1.165, 1.54) is 6.42 Å². The van der Waals surface area contributed by atoms with Crippen molar-refractivity contribution >= 4 is 5.97 Å². The van der Waals surface area contributed by atoms with Crippen molar-refractivity contribution in [1.82, 2.24) is 0 Å². The SMILES string of the molecule is C=C(CC(=O)O)CC1CCCCO1. The quantitative estimate of drug-likeness (QED) is 0.679.